The lowest BCUT2D eigenvalue weighted by Gasteiger charge is -2.61. The molecule has 2 N–H and O–H groups in total. The van der Waals surface area contributed by atoms with E-state index < -0.39 is 23.2 Å². The van der Waals surface area contributed by atoms with Crippen LogP contribution in [0.25, 0.3) is 0 Å². The Bertz CT molecular complexity index is 1070. The minimum atomic E-state index is -0.567. The van der Waals surface area contributed by atoms with E-state index in [-0.39, 0.29) is 11.8 Å². The number of aromatic hydroxyl groups is 1. The molecule has 2 saturated carbocycles. The largest absolute Gasteiger partial charge is 0.504 e. The maximum Gasteiger partial charge on any atom is 0.165 e. The van der Waals surface area contributed by atoms with Crippen molar-refractivity contribution in [3.63, 3.8) is 0 Å². The second-order valence-corrected chi connectivity index (χ2v) is 11.3. The maximum atomic E-state index is 11.2. The van der Waals surface area contributed by atoms with Gasteiger partial charge in [-0.15, -0.1) is 0 Å². The molecular formula is C30H39NO4. The molecule has 2 fully saturated rings. The first-order valence-corrected chi connectivity index (χ1v) is 13.6. The summed E-state index contributed by atoms with van der Waals surface area (Å²) in [5.74, 6) is 1.55. The van der Waals surface area contributed by atoms with Gasteiger partial charge in [-0.2, -0.15) is 0 Å². The molecule has 5 nitrogen and oxygen atoms in total. The molecule has 188 valence electrons. The molecule has 5 heteroatoms. The van der Waals surface area contributed by atoms with Gasteiger partial charge >= 0.3 is 0 Å². The Labute approximate surface area is 209 Å². The minimum absolute atomic E-state index is 0.181. The highest BCUT2D eigenvalue weighted by Gasteiger charge is 2.71. The summed E-state index contributed by atoms with van der Waals surface area (Å²) >= 11 is 0. The molecule has 0 aromatic heterocycles. The van der Waals surface area contributed by atoms with Crippen LogP contribution < -0.4 is 4.74 Å². The van der Waals surface area contributed by atoms with Gasteiger partial charge in [-0.1, -0.05) is 43.3 Å². The van der Waals surface area contributed by atoms with E-state index in [0.29, 0.717) is 18.8 Å². The number of phenolic OH excluding ortho intramolecular Hbond substituents is 1. The van der Waals surface area contributed by atoms with Gasteiger partial charge in [-0.05, 0) is 81.5 Å². The summed E-state index contributed by atoms with van der Waals surface area (Å²) < 4.78 is 13.6. The van der Waals surface area contributed by atoms with Crippen LogP contribution in [0.3, 0.4) is 0 Å². The molecule has 0 bridgehead atoms. The highest BCUT2D eigenvalue weighted by molar-refractivity contribution is 5.62. The van der Waals surface area contributed by atoms with Crippen molar-refractivity contribution in [2.75, 3.05) is 20.2 Å². The number of phenols is 1. The number of aliphatic hydroxyl groups is 1. The number of likely N-dealkylation sites (N-methyl/N-ethyl adjacent to an activating group) is 1. The molecule has 0 radical (unpaired) electrons. The Morgan fingerprint density at radius 1 is 1.11 bits per heavy atom. The summed E-state index contributed by atoms with van der Waals surface area (Å²) in [6.07, 6.45) is 6.79. The molecule has 0 saturated heterocycles. The summed E-state index contributed by atoms with van der Waals surface area (Å²) in [5, 5.41) is 22.0. The maximum absolute atomic E-state index is 11.2. The second kappa shape index (κ2) is 8.79. The molecule has 35 heavy (non-hydrogen) atoms. The smallest absolute Gasteiger partial charge is 0.165 e. The fourth-order valence-electron chi connectivity index (χ4n) is 7.69. The molecule has 4 aliphatic rings. The fourth-order valence-corrected chi connectivity index (χ4v) is 7.69. The molecular weight excluding hydrogens is 438 g/mol. The van der Waals surface area contributed by atoms with Gasteiger partial charge in [0.25, 0.3) is 0 Å². The zero-order valence-electron chi connectivity index (χ0n) is 21.1. The van der Waals surface area contributed by atoms with Crippen LogP contribution in [-0.2, 0) is 23.0 Å². The van der Waals surface area contributed by atoms with Crippen LogP contribution in [0.1, 0.15) is 62.1 Å². The first-order chi connectivity index (χ1) is 17.0. The Morgan fingerprint density at radius 2 is 1.91 bits per heavy atom. The normalized spacial score (nSPS) is 33.0. The van der Waals surface area contributed by atoms with Crippen molar-refractivity contribution in [2.45, 2.75) is 87.6 Å². The first kappa shape index (κ1) is 23.3. The lowest BCUT2D eigenvalue weighted by molar-refractivity contribution is -0.211. The molecule has 2 aromatic carbocycles. The summed E-state index contributed by atoms with van der Waals surface area (Å²) in [6.45, 7) is 3.98. The zero-order chi connectivity index (χ0) is 24.2. The van der Waals surface area contributed by atoms with Crippen LogP contribution in [0, 0.1) is 5.92 Å². The van der Waals surface area contributed by atoms with Crippen molar-refractivity contribution in [1.29, 1.82) is 0 Å². The number of hydrogen-bond acceptors (Lipinski definition) is 5. The Hall–Kier alpha value is -2.08. The first-order valence-electron chi connectivity index (χ1n) is 13.6. The number of aliphatic hydroxyl groups excluding tert-OH is 1. The second-order valence-electron chi connectivity index (χ2n) is 11.3. The predicted octanol–water partition coefficient (Wildman–Crippen LogP) is 4.61. The number of ether oxygens (including phenoxy) is 2. The van der Waals surface area contributed by atoms with Gasteiger partial charge < -0.3 is 19.7 Å². The average molecular weight is 478 g/mol. The van der Waals surface area contributed by atoms with E-state index in [1.807, 2.05) is 0 Å². The third-order valence-corrected chi connectivity index (χ3v) is 9.41. The Kier molecular flexibility index (Phi) is 5.86. The summed E-state index contributed by atoms with van der Waals surface area (Å²) in [5.41, 5.74) is 2.75. The predicted molar refractivity (Wildman–Crippen MR) is 136 cm³/mol. The average Bonchev–Trinajstić information content (AvgIpc) is 3.60. The van der Waals surface area contributed by atoms with Crippen LogP contribution in [0.15, 0.2) is 42.5 Å². The third kappa shape index (κ3) is 3.53. The van der Waals surface area contributed by atoms with Gasteiger partial charge in [0.15, 0.2) is 11.5 Å². The van der Waals surface area contributed by atoms with E-state index in [1.54, 1.807) is 6.07 Å². The van der Waals surface area contributed by atoms with Crippen molar-refractivity contribution in [1.82, 2.24) is 4.90 Å². The van der Waals surface area contributed by atoms with Crippen LogP contribution in [0.2, 0.25) is 0 Å². The molecule has 6 rings (SSSR count). The van der Waals surface area contributed by atoms with Crippen molar-refractivity contribution in [2.24, 2.45) is 5.92 Å². The van der Waals surface area contributed by atoms with Crippen molar-refractivity contribution >= 4 is 0 Å². The lowest BCUT2D eigenvalue weighted by atomic mass is 9.50. The topological polar surface area (TPSA) is 62.2 Å². The third-order valence-electron chi connectivity index (χ3n) is 9.41. The number of aryl methyl sites for hydroxylation is 1. The highest BCUT2D eigenvalue weighted by atomic mass is 16.5. The standard InChI is InChI=1S/C30H39NO4/c1-3-29-26-22-13-14-23(32)27(26)35-28(29)24(33)15-16-30(29,25(18-22)31(2)19-21-11-12-21)34-17-7-10-20-8-5-4-6-9-20/h4-6,8-9,13-14,21,24-25,28,32-33H,3,7,10-12,15-19H2,1-2H3/t24?,25?,28-,29-,30+/m0/s1. The van der Waals surface area contributed by atoms with Crippen LogP contribution in [0.5, 0.6) is 11.5 Å². The Morgan fingerprint density at radius 3 is 2.66 bits per heavy atom. The molecule has 0 amide bonds. The van der Waals surface area contributed by atoms with Gasteiger partial charge in [-0.25, -0.2) is 0 Å². The quantitative estimate of drug-likeness (QED) is 0.517. The van der Waals surface area contributed by atoms with Crippen molar-refractivity contribution < 1.29 is 19.7 Å². The molecule has 3 aliphatic carbocycles. The van der Waals surface area contributed by atoms with Gasteiger partial charge in [0, 0.05) is 24.8 Å². The van der Waals surface area contributed by atoms with Crippen LogP contribution >= 0.6 is 0 Å². The number of rotatable bonds is 9. The monoisotopic (exact) mass is 477 g/mol. The summed E-state index contributed by atoms with van der Waals surface area (Å²) in [6, 6.07) is 14.7. The van der Waals surface area contributed by atoms with Gasteiger partial charge in [0.05, 0.1) is 17.1 Å². The minimum Gasteiger partial charge on any atom is -0.504 e. The fraction of sp³-hybridized carbons (Fsp3) is 0.600. The molecule has 1 heterocycles. The van der Waals surface area contributed by atoms with E-state index in [1.165, 1.54) is 24.0 Å². The van der Waals surface area contributed by atoms with E-state index in [9.17, 15) is 10.2 Å². The molecule has 2 unspecified atom stereocenters. The SMILES string of the molecule is CC[C@]12c3c4ccc(O)c3O[C@H]1C(O)CC[C@@]2(OCCCc1ccccc1)C(N(C)CC1CC1)C4. The zero-order valence-corrected chi connectivity index (χ0v) is 21.1. The van der Waals surface area contributed by atoms with Gasteiger partial charge in [0.2, 0.25) is 0 Å². The number of hydrogen-bond donors (Lipinski definition) is 2. The van der Waals surface area contributed by atoms with Crippen molar-refractivity contribution in [3.8, 4) is 11.5 Å². The van der Waals surface area contributed by atoms with Gasteiger partial charge in [-0.3, -0.25) is 4.90 Å². The molecule has 0 spiro atoms. The van der Waals surface area contributed by atoms with E-state index >= 15 is 0 Å². The van der Waals surface area contributed by atoms with E-state index in [4.69, 9.17) is 9.47 Å². The van der Waals surface area contributed by atoms with Crippen LogP contribution in [-0.4, -0.2) is 59.2 Å². The molecule has 5 atom stereocenters. The molecule has 1 aliphatic heterocycles. The van der Waals surface area contributed by atoms with Crippen LogP contribution in [0.4, 0.5) is 0 Å². The van der Waals surface area contributed by atoms with E-state index in [0.717, 1.165) is 50.1 Å². The van der Waals surface area contributed by atoms with Crippen molar-refractivity contribution in [3.05, 3.63) is 59.2 Å². The molecule has 2 aromatic rings. The summed E-state index contributed by atoms with van der Waals surface area (Å²) in [7, 11) is 2.27. The Balaban J connectivity index is 1.40. The lowest BCUT2D eigenvalue weighted by Crippen LogP contribution is -2.74. The highest BCUT2D eigenvalue weighted by Crippen LogP contribution is 2.65. The number of benzene rings is 2. The number of nitrogens with zero attached hydrogens (tertiary/aromatic N) is 1. The van der Waals surface area contributed by atoms with E-state index in [2.05, 4.69) is 55.3 Å². The van der Waals surface area contributed by atoms with Gasteiger partial charge in [0.1, 0.15) is 6.10 Å². The summed E-state index contributed by atoms with van der Waals surface area (Å²) in [4.78, 5) is 2.55.